The molecule has 0 aliphatic carbocycles. The second-order valence-electron chi connectivity index (χ2n) is 5.20. The van der Waals surface area contributed by atoms with Crippen molar-refractivity contribution in [3.63, 3.8) is 0 Å². The normalized spacial score (nSPS) is 22.5. The molecule has 98 valence electrons. The van der Waals surface area contributed by atoms with Crippen LogP contribution in [0.5, 0.6) is 0 Å². The number of benzene rings is 2. The Kier molecular flexibility index (Phi) is 3.92. The maximum absolute atomic E-state index is 3.68. The van der Waals surface area contributed by atoms with Gasteiger partial charge in [-0.15, -0.1) is 0 Å². The van der Waals surface area contributed by atoms with Crippen molar-refractivity contribution >= 4 is 0 Å². The smallest absolute Gasteiger partial charge is 0.0616 e. The Morgan fingerprint density at radius 1 is 0.789 bits per heavy atom. The van der Waals surface area contributed by atoms with Gasteiger partial charge in [0.2, 0.25) is 0 Å². The average Bonchev–Trinajstić information content (AvgIpc) is 2.88. The standard InChI is InChI=1S/C17H20N2/c1-3-7-14(8-4-1)11-16-13-18-17(19-16)12-15-9-5-2-6-10-15/h1-10,16-19H,11-13H2/t16-,17?/m0/s1. The van der Waals surface area contributed by atoms with Gasteiger partial charge in [0, 0.05) is 19.0 Å². The topological polar surface area (TPSA) is 24.1 Å². The molecule has 0 spiro atoms. The van der Waals surface area contributed by atoms with E-state index in [2.05, 4.69) is 71.3 Å². The summed E-state index contributed by atoms with van der Waals surface area (Å²) >= 11 is 0. The third-order valence-electron chi connectivity index (χ3n) is 3.66. The summed E-state index contributed by atoms with van der Waals surface area (Å²) in [5.41, 5.74) is 2.79. The Balaban J connectivity index is 1.53. The molecule has 2 aromatic rings. The molecule has 0 radical (unpaired) electrons. The molecule has 0 saturated carbocycles. The summed E-state index contributed by atoms with van der Waals surface area (Å²) in [6.45, 7) is 1.05. The zero-order valence-corrected chi connectivity index (χ0v) is 11.0. The minimum atomic E-state index is 0.399. The molecule has 1 aliphatic heterocycles. The van der Waals surface area contributed by atoms with Gasteiger partial charge in [0.15, 0.2) is 0 Å². The second kappa shape index (κ2) is 6.00. The molecule has 2 heteroatoms. The third kappa shape index (κ3) is 3.43. The maximum Gasteiger partial charge on any atom is 0.0616 e. The first-order valence-corrected chi connectivity index (χ1v) is 6.97. The van der Waals surface area contributed by atoms with E-state index in [0.717, 1.165) is 19.4 Å². The molecule has 1 saturated heterocycles. The van der Waals surface area contributed by atoms with Crippen molar-refractivity contribution < 1.29 is 0 Å². The molecule has 0 amide bonds. The molecular formula is C17H20N2. The van der Waals surface area contributed by atoms with Gasteiger partial charge in [-0.2, -0.15) is 0 Å². The van der Waals surface area contributed by atoms with Gasteiger partial charge in [0.1, 0.15) is 0 Å². The Hall–Kier alpha value is -1.64. The molecular weight excluding hydrogens is 232 g/mol. The largest absolute Gasteiger partial charge is 0.300 e. The molecule has 3 rings (SSSR count). The van der Waals surface area contributed by atoms with Crippen molar-refractivity contribution in [1.29, 1.82) is 0 Å². The lowest BCUT2D eigenvalue weighted by molar-refractivity contribution is 0.516. The minimum Gasteiger partial charge on any atom is -0.300 e. The van der Waals surface area contributed by atoms with Crippen LogP contribution in [-0.2, 0) is 12.8 Å². The molecule has 2 N–H and O–H groups in total. The molecule has 2 aromatic carbocycles. The quantitative estimate of drug-likeness (QED) is 0.873. The molecule has 1 fully saturated rings. The van der Waals surface area contributed by atoms with Gasteiger partial charge in [0.25, 0.3) is 0 Å². The molecule has 19 heavy (non-hydrogen) atoms. The Bertz CT molecular complexity index is 448. The number of hydrogen-bond acceptors (Lipinski definition) is 2. The zero-order valence-electron chi connectivity index (χ0n) is 11.0. The first-order chi connectivity index (χ1) is 9.40. The van der Waals surface area contributed by atoms with Crippen LogP contribution < -0.4 is 10.6 Å². The summed E-state index contributed by atoms with van der Waals surface area (Å²) in [6.07, 6.45) is 2.54. The predicted molar refractivity (Wildman–Crippen MR) is 79.0 cm³/mol. The van der Waals surface area contributed by atoms with E-state index in [1.807, 2.05) is 0 Å². The zero-order chi connectivity index (χ0) is 12.9. The van der Waals surface area contributed by atoms with Gasteiger partial charge in [0.05, 0.1) is 6.17 Å². The maximum atomic E-state index is 3.68. The van der Waals surface area contributed by atoms with Gasteiger partial charge >= 0.3 is 0 Å². The summed E-state index contributed by atoms with van der Waals surface area (Å²) in [7, 11) is 0. The fourth-order valence-electron chi connectivity index (χ4n) is 2.70. The molecule has 1 aliphatic rings. The van der Waals surface area contributed by atoms with Crippen LogP contribution in [0.15, 0.2) is 60.7 Å². The first-order valence-electron chi connectivity index (χ1n) is 6.97. The van der Waals surface area contributed by atoms with Crippen LogP contribution in [0.4, 0.5) is 0 Å². The molecule has 1 unspecified atom stereocenters. The highest BCUT2D eigenvalue weighted by Gasteiger charge is 2.22. The Labute approximate surface area is 114 Å². The SMILES string of the molecule is c1ccc(CC2NC[C@H](Cc3ccccc3)N2)cc1. The number of hydrogen-bond donors (Lipinski definition) is 2. The van der Waals surface area contributed by atoms with E-state index in [1.165, 1.54) is 11.1 Å². The van der Waals surface area contributed by atoms with Crippen LogP contribution in [0.3, 0.4) is 0 Å². The summed E-state index contributed by atoms with van der Waals surface area (Å²) in [6, 6.07) is 21.9. The average molecular weight is 252 g/mol. The number of nitrogens with one attached hydrogen (secondary N) is 2. The van der Waals surface area contributed by atoms with Crippen molar-refractivity contribution in [2.75, 3.05) is 6.54 Å². The van der Waals surface area contributed by atoms with E-state index >= 15 is 0 Å². The van der Waals surface area contributed by atoms with Gasteiger partial charge in [-0.1, -0.05) is 60.7 Å². The highest BCUT2D eigenvalue weighted by atomic mass is 15.2. The molecule has 0 aromatic heterocycles. The van der Waals surface area contributed by atoms with Crippen molar-refractivity contribution in [2.24, 2.45) is 0 Å². The molecule has 1 heterocycles. The second-order valence-corrected chi connectivity index (χ2v) is 5.20. The Morgan fingerprint density at radius 3 is 2.00 bits per heavy atom. The molecule has 2 atom stereocenters. The van der Waals surface area contributed by atoms with Crippen molar-refractivity contribution in [1.82, 2.24) is 10.6 Å². The fraction of sp³-hybridized carbons (Fsp3) is 0.294. The fourth-order valence-corrected chi connectivity index (χ4v) is 2.70. The lowest BCUT2D eigenvalue weighted by Gasteiger charge is -2.13. The Morgan fingerprint density at radius 2 is 1.37 bits per heavy atom. The summed E-state index contributed by atoms with van der Waals surface area (Å²) in [5.74, 6) is 0. The van der Waals surface area contributed by atoms with Crippen LogP contribution in [0.2, 0.25) is 0 Å². The van der Waals surface area contributed by atoms with E-state index < -0.39 is 0 Å². The van der Waals surface area contributed by atoms with Gasteiger partial charge in [-0.3, -0.25) is 5.32 Å². The van der Waals surface area contributed by atoms with Crippen molar-refractivity contribution in [3.05, 3.63) is 71.8 Å². The van der Waals surface area contributed by atoms with E-state index in [-0.39, 0.29) is 0 Å². The predicted octanol–water partition coefficient (Wildman–Crippen LogP) is 2.36. The van der Waals surface area contributed by atoms with Crippen LogP contribution >= 0.6 is 0 Å². The highest BCUT2D eigenvalue weighted by molar-refractivity contribution is 5.18. The summed E-state index contributed by atoms with van der Waals surface area (Å²) in [5, 5.41) is 7.24. The molecule has 0 bridgehead atoms. The van der Waals surface area contributed by atoms with E-state index in [9.17, 15) is 0 Å². The monoisotopic (exact) mass is 252 g/mol. The first kappa shape index (κ1) is 12.4. The van der Waals surface area contributed by atoms with Crippen LogP contribution in [0, 0.1) is 0 Å². The van der Waals surface area contributed by atoms with Crippen LogP contribution in [0.1, 0.15) is 11.1 Å². The summed E-state index contributed by atoms with van der Waals surface area (Å²) < 4.78 is 0. The van der Waals surface area contributed by atoms with Gasteiger partial charge in [-0.25, -0.2) is 0 Å². The minimum absolute atomic E-state index is 0.399. The van der Waals surface area contributed by atoms with Crippen molar-refractivity contribution in [3.8, 4) is 0 Å². The van der Waals surface area contributed by atoms with Gasteiger partial charge in [-0.05, 0) is 17.5 Å². The lowest BCUT2D eigenvalue weighted by Crippen LogP contribution is -2.36. The third-order valence-corrected chi connectivity index (χ3v) is 3.66. The van der Waals surface area contributed by atoms with Crippen LogP contribution in [-0.4, -0.2) is 18.8 Å². The van der Waals surface area contributed by atoms with Crippen molar-refractivity contribution in [2.45, 2.75) is 25.0 Å². The highest BCUT2D eigenvalue weighted by Crippen LogP contribution is 2.09. The molecule has 2 nitrogen and oxygen atoms in total. The van der Waals surface area contributed by atoms with E-state index in [1.54, 1.807) is 0 Å². The van der Waals surface area contributed by atoms with E-state index in [4.69, 9.17) is 0 Å². The van der Waals surface area contributed by atoms with Crippen LogP contribution in [0.25, 0.3) is 0 Å². The van der Waals surface area contributed by atoms with E-state index in [0.29, 0.717) is 12.2 Å². The van der Waals surface area contributed by atoms with Gasteiger partial charge < -0.3 is 5.32 Å². The number of rotatable bonds is 4. The summed E-state index contributed by atoms with van der Waals surface area (Å²) in [4.78, 5) is 0. The lowest BCUT2D eigenvalue weighted by atomic mass is 10.1.